The number of benzene rings is 1. The lowest BCUT2D eigenvalue weighted by atomic mass is 10.0. The molecule has 3 aliphatic rings. The number of amides is 1. The van der Waals surface area contributed by atoms with Crippen LogP contribution in [0.4, 0.5) is 0 Å². The summed E-state index contributed by atoms with van der Waals surface area (Å²) in [7, 11) is 0.0787. The predicted octanol–water partition coefficient (Wildman–Crippen LogP) is 2.87. The maximum Gasteiger partial charge on any atom is 0.248 e. The molecule has 39 heavy (non-hydrogen) atoms. The summed E-state index contributed by atoms with van der Waals surface area (Å²) in [5, 5.41) is 0. The van der Waals surface area contributed by atoms with Crippen molar-refractivity contribution in [1.29, 1.82) is 0 Å². The Bertz CT molecular complexity index is 1070. The van der Waals surface area contributed by atoms with Crippen molar-refractivity contribution in [3.8, 4) is 5.75 Å². The van der Waals surface area contributed by atoms with Crippen molar-refractivity contribution < 1.29 is 22.7 Å². The van der Waals surface area contributed by atoms with Gasteiger partial charge in [0.15, 0.2) is 0 Å². The molecule has 0 N–H and O–H groups in total. The molecule has 3 heterocycles. The number of methoxy groups -OCH3 is 1. The number of piperidine rings is 1. The predicted molar refractivity (Wildman–Crippen MR) is 158 cm³/mol. The van der Waals surface area contributed by atoms with Gasteiger partial charge >= 0.3 is 0 Å². The lowest BCUT2D eigenvalue weighted by Gasteiger charge is -2.42. The quantitative estimate of drug-likeness (QED) is 0.449. The van der Waals surface area contributed by atoms with Crippen molar-refractivity contribution in [2.75, 3.05) is 73.2 Å². The number of nitrogens with zero attached hydrogens (tertiary/aromatic N) is 4. The van der Waals surface area contributed by atoms with Gasteiger partial charge in [-0.2, -0.15) is 4.31 Å². The van der Waals surface area contributed by atoms with E-state index < -0.39 is 10.0 Å². The third-order valence-electron chi connectivity index (χ3n) is 8.50. The van der Waals surface area contributed by atoms with Crippen LogP contribution < -0.4 is 4.74 Å². The monoisotopic (exact) mass is 608 g/mol. The second kappa shape index (κ2) is 14.7. The summed E-state index contributed by atoms with van der Waals surface area (Å²) in [6.45, 7) is 11.8. The highest BCUT2D eigenvalue weighted by Gasteiger charge is 2.38. The van der Waals surface area contributed by atoms with E-state index in [1.165, 1.54) is 12.8 Å². The van der Waals surface area contributed by atoms with E-state index in [1.807, 2.05) is 25.7 Å². The van der Waals surface area contributed by atoms with Crippen LogP contribution in [-0.2, 0) is 19.6 Å². The summed E-state index contributed by atoms with van der Waals surface area (Å²) in [6.07, 6.45) is 3.91. The number of rotatable bonds is 8. The number of hydrogen-bond acceptors (Lipinski definition) is 7. The lowest BCUT2D eigenvalue weighted by molar-refractivity contribution is -0.138. The van der Waals surface area contributed by atoms with E-state index in [9.17, 15) is 13.2 Å². The van der Waals surface area contributed by atoms with Gasteiger partial charge in [0.25, 0.3) is 0 Å². The topological polar surface area (TPSA) is 82.6 Å². The van der Waals surface area contributed by atoms with Crippen LogP contribution in [-0.4, -0.2) is 119 Å². The Morgan fingerprint density at radius 3 is 2.21 bits per heavy atom. The number of ether oxygens (including phenoxy) is 2. The molecule has 224 valence electrons. The SMILES string of the molecule is COc1cc(C)c(S(=O)(=O)N2CCC[C@@H]2COCC(=O)N2CCN(C3CCN(C)CC3)CC2)c(C)c1C.Cl.Cl. The summed E-state index contributed by atoms with van der Waals surface area (Å²) in [6, 6.07) is 2.16. The van der Waals surface area contributed by atoms with Crippen molar-refractivity contribution in [2.24, 2.45) is 0 Å². The van der Waals surface area contributed by atoms with Crippen LogP contribution in [0.15, 0.2) is 11.0 Å². The van der Waals surface area contributed by atoms with Crippen LogP contribution in [0.25, 0.3) is 0 Å². The number of likely N-dealkylation sites (tertiary alicyclic amines) is 1. The molecule has 1 atom stereocenters. The Labute approximate surface area is 247 Å². The van der Waals surface area contributed by atoms with Crippen LogP contribution in [0.3, 0.4) is 0 Å². The third-order valence-corrected chi connectivity index (χ3v) is 10.7. The molecule has 9 nitrogen and oxygen atoms in total. The van der Waals surface area contributed by atoms with Gasteiger partial charge in [0, 0.05) is 44.8 Å². The molecule has 0 radical (unpaired) electrons. The van der Waals surface area contributed by atoms with E-state index in [1.54, 1.807) is 17.5 Å². The van der Waals surface area contributed by atoms with Crippen LogP contribution in [0.2, 0.25) is 0 Å². The Kier molecular flexibility index (Phi) is 12.8. The molecule has 0 saturated carbocycles. The molecule has 0 spiro atoms. The Morgan fingerprint density at radius 1 is 0.949 bits per heavy atom. The summed E-state index contributed by atoms with van der Waals surface area (Å²) < 4.78 is 40.2. The highest BCUT2D eigenvalue weighted by Crippen LogP contribution is 2.35. The number of carbonyl (C=O) groups excluding carboxylic acids is 1. The summed E-state index contributed by atoms with van der Waals surface area (Å²) in [4.78, 5) is 20.0. The number of sulfonamides is 1. The van der Waals surface area contributed by atoms with Crippen molar-refractivity contribution >= 4 is 40.7 Å². The first-order chi connectivity index (χ1) is 17.6. The summed E-state index contributed by atoms with van der Waals surface area (Å²) in [5.74, 6) is 0.689. The van der Waals surface area contributed by atoms with Gasteiger partial charge in [0.2, 0.25) is 15.9 Å². The van der Waals surface area contributed by atoms with E-state index in [2.05, 4.69) is 16.8 Å². The molecule has 3 saturated heterocycles. The van der Waals surface area contributed by atoms with Gasteiger partial charge in [0.1, 0.15) is 12.4 Å². The Balaban J connectivity index is 0.00000267. The van der Waals surface area contributed by atoms with Crippen molar-refractivity contribution in [3.63, 3.8) is 0 Å². The minimum absolute atomic E-state index is 0. The molecule has 12 heteroatoms. The van der Waals surface area contributed by atoms with Gasteiger partial charge in [-0.05, 0) is 89.3 Å². The number of piperazine rings is 1. The summed E-state index contributed by atoms with van der Waals surface area (Å²) >= 11 is 0. The van der Waals surface area contributed by atoms with Crippen LogP contribution >= 0.6 is 24.8 Å². The van der Waals surface area contributed by atoms with Gasteiger partial charge < -0.3 is 19.3 Å². The first kappa shape index (κ1) is 34.1. The van der Waals surface area contributed by atoms with Crippen molar-refractivity contribution in [1.82, 2.24) is 19.0 Å². The standard InChI is InChI=1S/C27H44N4O5S.2ClH/c1-20-17-25(35-5)21(2)22(3)27(20)37(33,34)31-10-6-7-24(31)18-36-19-26(32)30-15-13-29(14-16-30)23-8-11-28(4)12-9-23;;/h17,23-24H,6-16,18-19H2,1-5H3;2*1H/t24-;;/m1../s1. The van der Waals surface area contributed by atoms with Gasteiger partial charge in [-0.25, -0.2) is 8.42 Å². The molecule has 1 aromatic carbocycles. The molecule has 1 amide bonds. The fourth-order valence-corrected chi connectivity index (χ4v) is 8.28. The number of aryl methyl sites for hydroxylation is 1. The van der Waals surface area contributed by atoms with Crippen LogP contribution in [0, 0.1) is 20.8 Å². The second-order valence-corrected chi connectivity index (χ2v) is 12.7. The molecular weight excluding hydrogens is 563 g/mol. The fraction of sp³-hybridized carbons (Fsp3) is 0.741. The molecule has 0 aliphatic carbocycles. The van der Waals surface area contributed by atoms with E-state index in [-0.39, 0.29) is 50.0 Å². The largest absolute Gasteiger partial charge is 0.496 e. The molecule has 0 unspecified atom stereocenters. The smallest absolute Gasteiger partial charge is 0.248 e. The van der Waals surface area contributed by atoms with E-state index in [0.717, 1.165) is 63.2 Å². The zero-order chi connectivity index (χ0) is 26.7. The molecular formula is C27H46Cl2N4O5S. The van der Waals surface area contributed by atoms with E-state index in [0.29, 0.717) is 28.8 Å². The van der Waals surface area contributed by atoms with Gasteiger partial charge in [-0.3, -0.25) is 9.69 Å². The first-order valence-corrected chi connectivity index (χ1v) is 15.0. The third kappa shape index (κ3) is 7.58. The summed E-state index contributed by atoms with van der Waals surface area (Å²) in [5.41, 5.74) is 2.24. The molecule has 4 rings (SSSR count). The maximum atomic E-state index is 13.7. The molecule has 1 aromatic rings. The maximum absolute atomic E-state index is 13.7. The van der Waals surface area contributed by atoms with Crippen LogP contribution in [0.1, 0.15) is 42.4 Å². The van der Waals surface area contributed by atoms with Crippen molar-refractivity contribution in [2.45, 2.75) is 63.4 Å². The highest BCUT2D eigenvalue weighted by molar-refractivity contribution is 7.89. The first-order valence-electron chi connectivity index (χ1n) is 13.6. The zero-order valence-corrected chi connectivity index (χ0v) is 26.4. The van der Waals surface area contributed by atoms with Gasteiger partial charge in [-0.1, -0.05) is 0 Å². The van der Waals surface area contributed by atoms with Crippen LogP contribution in [0.5, 0.6) is 5.75 Å². The minimum Gasteiger partial charge on any atom is -0.496 e. The van der Waals surface area contributed by atoms with Gasteiger partial charge in [-0.15, -0.1) is 24.8 Å². The molecule has 3 aliphatic heterocycles. The number of hydrogen-bond donors (Lipinski definition) is 0. The zero-order valence-electron chi connectivity index (χ0n) is 24.0. The number of halogens is 2. The second-order valence-electron chi connectivity index (χ2n) is 10.9. The Morgan fingerprint density at radius 2 is 1.59 bits per heavy atom. The normalized spacial score (nSPS) is 21.9. The molecule has 0 aromatic heterocycles. The lowest BCUT2D eigenvalue weighted by Crippen LogP contribution is -2.54. The highest BCUT2D eigenvalue weighted by atomic mass is 35.5. The minimum atomic E-state index is -3.69. The van der Waals surface area contributed by atoms with Crippen molar-refractivity contribution in [3.05, 3.63) is 22.8 Å². The van der Waals surface area contributed by atoms with E-state index >= 15 is 0 Å². The Hall–Kier alpha value is -1.14. The fourth-order valence-electron chi connectivity index (χ4n) is 6.11. The molecule has 0 bridgehead atoms. The number of carbonyl (C=O) groups is 1. The van der Waals surface area contributed by atoms with E-state index in [4.69, 9.17) is 9.47 Å². The average molecular weight is 610 g/mol. The van der Waals surface area contributed by atoms with Gasteiger partial charge in [0.05, 0.1) is 18.6 Å². The molecule has 3 fully saturated rings. The average Bonchev–Trinajstić information content (AvgIpc) is 3.36.